The molecule has 5 nitrogen and oxygen atoms in total. The third-order valence-corrected chi connectivity index (χ3v) is 5.93. The Bertz CT molecular complexity index is 604. The van der Waals surface area contributed by atoms with Crippen LogP contribution in [-0.2, 0) is 19.1 Å². The van der Waals surface area contributed by atoms with Crippen LogP contribution in [-0.4, -0.2) is 41.3 Å². The minimum absolute atomic E-state index is 0.0711. The van der Waals surface area contributed by atoms with Crippen molar-refractivity contribution in [2.75, 3.05) is 7.11 Å². The maximum absolute atomic E-state index is 12.4. The van der Waals surface area contributed by atoms with E-state index in [1.165, 1.54) is 12.7 Å². The highest BCUT2D eigenvalue weighted by molar-refractivity contribution is 5.89. The Hall–Kier alpha value is -1.46. The van der Waals surface area contributed by atoms with E-state index in [2.05, 4.69) is 13.5 Å². The zero-order valence-corrected chi connectivity index (χ0v) is 16.5. The number of carbonyl (C=O) groups excluding carboxylic acids is 2. The van der Waals surface area contributed by atoms with Crippen LogP contribution in [0.3, 0.4) is 0 Å². The molecule has 1 N–H and O–H groups in total. The Balaban J connectivity index is 2.19. The number of aliphatic hydroxyl groups is 1. The first-order chi connectivity index (χ1) is 12.1. The molecule has 0 aromatic heterocycles. The van der Waals surface area contributed by atoms with Crippen molar-refractivity contribution in [1.82, 2.24) is 0 Å². The summed E-state index contributed by atoms with van der Waals surface area (Å²) < 4.78 is 10.8. The van der Waals surface area contributed by atoms with Crippen molar-refractivity contribution < 1.29 is 24.2 Å². The van der Waals surface area contributed by atoms with Gasteiger partial charge in [0.2, 0.25) is 0 Å². The second-order valence-electron chi connectivity index (χ2n) is 8.21. The molecule has 0 spiro atoms. The third kappa shape index (κ3) is 5.04. The van der Waals surface area contributed by atoms with Crippen molar-refractivity contribution >= 4 is 11.8 Å². The van der Waals surface area contributed by atoms with Gasteiger partial charge in [0.15, 0.2) is 5.78 Å². The zero-order chi connectivity index (χ0) is 19.5. The van der Waals surface area contributed by atoms with E-state index in [9.17, 15) is 14.7 Å². The van der Waals surface area contributed by atoms with Crippen LogP contribution in [0.2, 0.25) is 0 Å². The van der Waals surface area contributed by atoms with Gasteiger partial charge in [0, 0.05) is 12.0 Å². The van der Waals surface area contributed by atoms with Crippen LogP contribution in [0.15, 0.2) is 23.8 Å². The summed E-state index contributed by atoms with van der Waals surface area (Å²) in [4.78, 5) is 24.4. The summed E-state index contributed by atoms with van der Waals surface area (Å²) >= 11 is 0. The van der Waals surface area contributed by atoms with E-state index in [1.807, 2.05) is 13.0 Å². The van der Waals surface area contributed by atoms with Gasteiger partial charge in [0.25, 0.3) is 0 Å². The van der Waals surface area contributed by atoms with Gasteiger partial charge >= 0.3 is 5.97 Å². The molecule has 1 aliphatic carbocycles. The van der Waals surface area contributed by atoms with Crippen molar-refractivity contribution in [3.63, 3.8) is 0 Å². The average molecular weight is 364 g/mol. The Morgan fingerprint density at radius 1 is 1.38 bits per heavy atom. The summed E-state index contributed by atoms with van der Waals surface area (Å²) in [6, 6.07) is 0. The molecule has 1 saturated heterocycles. The monoisotopic (exact) mass is 364 g/mol. The van der Waals surface area contributed by atoms with E-state index >= 15 is 0 Å². The summed E-state index contributed by atoms with van der Waals surface area (Å²) in [5, 5.41) is 10.6. The molecular formula is C21H32O5. The smallest absolute Gasteiger partial charge is 0.333 e. The van der Waals surface area contributed by atoms with Gasteiger partial charge in [-0.05, 0) is 65.2 Å². The number of ketones is 1. The molecular weight excluding hydrogens is 332 g/mol. The fraction of sp³-hybridized carbons (Fsp3) is 0.714. The van der Waals surface area contributed by atoms with Gasteiger partial charge in [-0.1, -0.05) is 18.2 Å². The van der Waals surface area contributed by atoms with Crippen LogP contribution in [0.5, 0.6) is 0 Å². The Labute approximate surface area is 156 Å². The summed E-state index contributed by atoms with van der Waals surface area (Å²) in [5.74, 6) is -0.805. The van der Waals surface area contributed by atoms with E-state index in [4.69, 9.17) is 9.47 Å². The average Bonchev–Trinajstić information content (AvgIpc) is 3.23. The highest BCUT2D eigenvalue weighted by Crippen LogP contribution is 2.46. The van der Waals surface area contributed by atoms with Crippen molar-refractivity contribution in [3.05, 3.63) is 23.8 Å². The zero-order valence-electron chi connectivity index (χ0n) is 16.5. The topological polar surface area (TPSA) is 76.1 Å². The van der Waals surface area contributed by atoms with Crippen molar-refractivity contribution in [3.8, 4) is 0 Å². The molecule has 4 atom stereocenters. The lowest BCUT2D eigenvalue weighted by atomic mass is 9.82. The third-order valence-electron chi connectivity index (χ3n) is 5.93. The molecule has 4 unspecified atom stereocenters. The van der Waals surface area contributed by atoms with Crippen LogP contribution in [0.1, 0.15) is 65.7 Å². The molecule has 0 radical (unpaired) electrons. The number of carbonyl (C=O) groups is 2. The number of rotatable bonds is 2. The SMILES string of the molecule is C=C(C(=O)OC)C1CCC(C)(O)C(=O)CC=C(C)CCCC2(C)OC2C1. The van der Waals surface area contributed by atoms with Crippen LogP contribution in [0.25, 0.3) is 0 Å². The molecule has 1 heterocycles. The summed E-state index contributed by atoms with van der Waals surface area (Å²) in [6.07, 6.45) is 6.51. The fourth-order valence-corrected chi connectivity index (χ4v) is 3.70. The minimum atomic E-state index is -1.41. The Morgan fingerprint density at radius 2 is 2.08 bits per heavy atom. The number of Topliss-reactive ketones (excluding diaryl/α,β-unsaturated/α-hetero) is 1. The molecule has 0 aromatic rings. The normalized spacial score (nSPS) is 36.3. The van der Waals surface area contributed by atoms with E-state index in [1.54, 1.807) is 6.92 Å². The minimum Gasteiger partial charge on any atom is -0.466 e. The van der Waals surface area contributed by atoms with Crippen molar-refractivity contribution in [1.29, 1.82) is 0 Å². The predicted octanol–water partition coefficient (Wildman–Crippen LogP) is 3.50. The van der Waals surface area contributed by atoms with E-state index < -0.39 is 11.6 Å². The summed E-state index contributed by atoms with van der Waals surface area (Å²) in [7, 11) is 1.34. The summed E-state index contributed by atoms with van der Waals surface area (Å²) in [6.45, 7) is 9.59. The molecule has 1 aliphatic heterocycles. The molecule has 0 aromatic carbocycles. The predicted molar refractivity (Wildman–Crippen MR) is 99.6 cm³/mol. The van der Waals surface area contributed by atoms with Gasteiger partial charge < -0.3 is 14.6 Å². The first-order valence-electron chi connectivity index (χ1n) is 9.45. The quantitative estimate of drug-likeness (QED) is 0.351. The van der Waals surface area contributed by atoms with Gasteiger partial charge in [0.1, 0.15) is 5.60 Å². The standard InChI is InChI=1S/C21H32O5/c1-14-7-6-11-21(4)18(26-21)13-16(15(2)19(23)25-5)10-12-20(3,24)17(22)9-8-14/h8,16,18,24H,2,6-7,9-13H2,1,3-5H3. The van der Waals surface area contributed by atoms with Gasteiger partial charge in [-0.3, -0.25) is 4.79 Å². The first kappa shape index (κ1) is 20.8. The van der Waals surface area contributed by atoms with Crippen LogP contribution < -0.4 is 0 Å². The molecule has 146 valence electrons. The molecule has 2 rings (SSSR count). The molecule has 0 saturated carbocycles. The number of epoxide rings is 1. The van der Waals surface area contributed by atoms with Crippen LogP contribution in [0.4, 0.5) is 0 Å². The number of methoxy groups -OCH3 is 1. The second-order valence-corrected chi connectivity index (χ2v) is 8.21. The number of ether oxygens (including phenoxy) is 2. The highest BCUT2D eigenvalue weighted by atomic mass is 16.6. The lowest BCUT2D eigenvalue weighted by Crippen LogP contribution is -2.35. The van der Waals surface area contributed by atoms with Gasteiger partial charge in [-0.25, -0.2) is 4.79 Å². The van der Waals surface area contributed by atoms with Gasteiger partial charge in [0.05, 0.1) is 18.8 Å². The number of allylic oxidation sites excluding steroid dienone is 2. The lowest BCUT2D eigenvalue weighted by molar-refractivity contribution is -0.137. The maximum Gasteiger partial charge on any atom is 0.333 e. The number of esters is 1. The lowest BCUT2D eigenvalue weighted by Gasteiger charge is -2.25. The molecule has 5 heteroatoms. The van der Waals surface area contributed by atoms with Crippen molar-refractivity contribution in [2.45, 2.75) is 83.0 Å². The largest absolute Gasteiger partial charge is 0.466 e. The van der Waals surface area contributed by atoms with Crippen LogP contribution >= 0.6 is 0 Å². The second kappa shape index (κ2) is 8.05. The number of fused-ring (bicyclic) bond motifs is 1. The fourth-order valence-electron chi connectivity index (χ4n) is 3.70. The first-order valence-corrected chi connectivity index (χ1v) is 9.45. The van der Waals surface area contributed by atoms with Crippen LogP contribution in [0, 0.1) is 5.92 Å². The molecule has 0 amide bonds. The van der Waals surface area contributed by atoms with E-state index in [-0.39, 0.29) is 36.2 Å². The van der Waals surface area contributed by atoms with E-state index in [0.717, 1.165) is 19.3 Å². The molecule has 2 aliphatic rings. The summed E-state index contributed by atoms with van der Waals surface area (Å²) in [5.41, 5.74) is -0.0129. The van der Waals surface area contributed by atoms with Crippen molar-refractivity contribution in [2.24, 2.45) is 5.92 Å². The highest BCUT2D eigenvalue weighted by Gasteiger charge is 2.52. The molecule has 26 heavy (non-hydrogen) atoms. The van der Waals surface area contributed by atoms with E-state index in [0.29, 0.717) is 18.4 Å². The number of hydrogen-bond acceptors (Lipinski definition) is 5. The Kier molecular flexibility index (Phi) is 6.46. The molecule has 1 fully saturated rings. The van der Waals surface area contributed by atoms with Gasteiger partial charge in [-0.15, -0.1) is 0 Å². The maximum atomic E-state index is 12.4. The molecule has 0 bridgehead atoms. The van der Waals surface area contributed by atoms with Gasteiger partial charge in [-0.2, -0.15) is 0 Å². The Morgan fingerprint density at radius 3 is 2.73 bits per heavy atom. The number of hydrogen-bond donors (Lipinski definition) is 1.